The fourth-order valence-corrected chi connectivity index (χ4v) is 4.26. The number of terminal acetylenes is 1. The molecule has 1 aromatic heterocycles. The van der Waals surface area contributed by atoms with Gasteiger partial charge >= 0.3 is 0 Å². The van der Waals surface area contributed by atoms with Gasteiger partial charge in [-0.05, 0) is 12.1 Å². The number of aromatic nitrogens is 1. The number of para-hydroxylation sites is 1. The Labute approximate surface area is 150 Å². The fourth-order valence-electron chi connectivity index (χ4n) is 2.96. The van der Waals surface area contributed by atoms with E-state index in [1.54, 1.807) is 11.8 Å². The van der Waals surface area contributed by atoms with E-state index in [9.17, 15) is 5.11 Å². The average molecular weight is 349 g/mol. The lowest BCUT2D eigenvalue weighted by Crippen LogP contribution is -2.38. The molecule has 1 atom stereocenters. The Morgan fingerprint density at radius 2 is 1.96 bits per heavy atom. The van der Waals surface area contributed by atoms with Crippen molar-refractivity contribution >= 4 is 11.8 Å². The first-order chi connectivity index (χ1) is 12.3. The number of rotatable bonds is 4. The number of hydrogen-bond donors (Lipinski definition) is 0. The molecule has 0 fully saturated rings. The minimum atomic E-state index is -0.298. The summed E-state index contributed by atoms with van der Waals surface area (Å²) in [5.74, 6) is 3.89. The van der Waals surface area contributed by atoms with Crippen molar-refractivity contribution in [2.75, 3.05) is 6.61 Å². The number of fused-ring (bicyclic) bond motifs is 1. The molecule has 1 aliphatic rings. The Hall–Kier alpha value is -2.84. The lowest BCUT2D eigenvalue weighted by atomic mass is 10.1. The van der Waals surface area contributed by atoms with Gasteiger partial charge in [-0.15, -0.1) is 6.42 Å². The molecule has 25 heavy (non-hydrogen) atoms. The molecule has 0 unspecified atom stereocenters. The quantitative estimate of drug-likeness (QED) is 0.536. The molecule has 2 aromatic carbocycles. The second-order valence-corrected chi connectivity index (χ2v) is 6.64. The monoisotopic (exact) mass is 349 g/mol. The van der Waals surface area contributed by atoms with Crippen LogP contribution in [0.5, 0.6) is 11.7 Å². The van der Waals surface area contributed by atoms with E-state index in [-0.39, 0.29) is 17.9 Å². The van der Waals surface area contributed by atoms with Gasteiger partial charge in [-0.1, -0.05) is 60.1 Å². The second-order valence-electron chi connectivity index (χ2n) is 5.57. The Morgan fingerprint density at radius 3 is 2.76 bits per heavy atom. The van der Waals surface area contributed by atoms with E-state index in [0.29, 0.717) is 23.1 Å². The van der Waals surface area contributed by atoms with Gasteiger partial charge in [0, 0.05) is 5.56 Å². The average Bonchev–Trinajstić information content (AvgIpc) is 3.23. The summed E-state index contributed by atoms with van der Waals surface area (Å²) in [7, 11) is 0. The molecule has 0 aliphatic carbocycles. The molecular weight excluding hydrogens is 334 g/mol. The number of hydrogen-bond acceptors (Lipinski definition) is 4. The Bertz CT molecular complexity index is 943. The minimum Gasteiger partial charge on any atom is -0.540 e. The SMILES string of the molecule is C#CCOc1ccccc1-c1oc([O-])c2[n+]1[C@@H](c1ccccc1)SC2. The molecule has 0 bridgehead atoms. The Balaban J connectivity index is 1.84. The fraction of sp³-hybridized carbons (Fsp3) is 0.150. The molecule has 3 aromatic rings. The van der Waals surface area contributed by atoms with Crippen LogP contribution in [0.2, 0.25) is 0 Å². The number of benzene rings is 2. The Kier molecular flexibility index (Phi) is 4.12. The number of oxazole rings is 1. The number of nitrogens with zero attached hydrogens (tertiary/aromatic N) is 1. The van der Waals surface area contributed by atoms with Gasteiger partial charge < -0.3 is 14.3 Å². The standard InChI is InChI=1S/C20H15NO3S/c1-2-12-23-17-11-7-6-10-15(17)18-21-16(20(22)24-18)13-25-19(21)14-8-4-3-5-9-14/h1,3-11,19H,12-13H2/t19-/m1/s1. The summed E-state index contributed by atoms with van der Waals surface area (Å²) < 4.78 is 13.2. The van der Waals surface area contributed by atoms with Crippen LogP contribution in [0.1, 0.15) is 16.6 Å². The molecule has 2 heterocycles. The summed E-state index contributed by atoms with van der Waals surface area (Å²) in [6.07, 6.45) is 5.30. The molecule has 5 heteroatoms. The van der Waals surface area contributed by atoms with Crippen molar-refractivity contribution in [3.63, 3.8) is 0 Å². The molecular formula is C20H15NO3S. The molecule has 0 spiro atoms. The molecule has 0 N–H and O–H groups in total. The van der Waals surface area contributed by atoms with Gasteiger partial charge in [0.05, 0.1) is 11.3 Å². The van der Waals surface area contributed by atoms with Crippen molar-refractivity contribution in [1.82, 2.24) is 0 Å². The normalized spacial score (nSPS) is 15.6. The molecule has 124 valence electrons. The first kappa shape index (κ1) is 15.7. The zero-order valence-electron chi connectivity index (χ0n) is 13.3. The van der Waals surface area contributed by atoms with Crippen LogP contribution in [0.15, 0.2) is 59.0 Å². The highest BCUT2D eigenvalue weighted by atomic mass is 32.2. The van der Waals surface area contributed by atoms with E-state index in [1.807, 2.05) is 47.0 Å². The zero-order valence-corrected chi connectivity index (χ0v) is 14.2. The van der Waals surface area contributed by atoms with E-state index in [0.717, 1.165) is 11.1 Å². The highest BCUT2D eigenvalue weighted by Gasteiger charge is 2.39. The summed E-state index contributed by atoms with van der Waals surface area (Å²) in [5, 5.41) is 12.3. The van der Waals surface area contributed by atoms with E-state index < -0.39 is 0 Å². The summed E-state index contributed by atoms with van der Waals surface area (Å²) >= 11 is 1.71. The van der Waals surface area contributed by atoms with E-state index in [4.69, 9.17) is 15.6 Å². The molecule has 4 rings (SSSR count). The van der Waals surface area contributed by atoms with Crippen LogP contribution in [0.4, 0.5) is 0 Å². The van der Waals surface area contributed by atoms with Crippen molar-refractivity contribution in [2.24, 2.45) is 0 Å². The summed E-state index contributed by atoms with van der Waals surface area (Å²) in [6.45, 7) is 0.158. The molecule has 0 saturated carbocycles. The van der Waals surface area contributed by atoms with Crippen LogP contribution in [-0.2, 0) is 5.75 Å². The molecule has 0 saturated heterocycles. The molecule has 1 aliphatic heterocycles. The van der Waals surface area contributed by atoms with Crippen molar-refractivity contribution < 1.29 is 18.8 Å². The van der Waals surface area contributed by atoms with Gasteiger partial charge in [-0.25, -0.2) is 0 Å². The maximum Gasteiger partial charge on any atom is 0.274 e. The lowest BCUT2D eigenvalue weighted by molar-refractivity contribution is -0.684. The third-order valence-corrected chi connectivity index (χ3v) is 5.30. The van der Waals surface area contributed by atoms with E-state index >= 15 is 0 Å². The van der Waals surface area contributed by atoms with Gasteiger partial charge in [0.2, 0.25) is 11.1 Å². The van der Waals surface area contributed by atoms with Crippen LogP contribution in [0, 0.1) is 12.3 Å². The zero-order chi connectivity index (χ0) is 17.2. The van der Waals surface area contributed by atoms with Crippen molar-refractivity contribution in [2.45, 2.75) is 11.1 Å². The summed E-state index contributed by atoms with van der Waals surface area (Å²) in [4.78, 5) is 0. The second kappa shape index (κ2) is 6.58. The largest absolute Gasteiger partial charge is 0.540 e. The highest BCUT2D eigenvalue weighted by Crippen LogP contribution is 2.42. The van der Waals surface area contributed by atoms with E-state index in [1.165, 1.54) is 0 Å². The first-order valence-corrected chi connectivity index (χ1v) is 8.91. The van der Waals surface area contributed by atoms with E-state index in [2.05, 4.69) is 18.1 Å². The third-order valence-electron chi connectivity index (χ3n) is 4.06. The summed E-state index contributed by atoms with van der Waals surface area (Å²) in [6, 6.07) is 17.5. The van der Waals surface area contributed by atoms with Crippen molar-refractivity contribution in [1.29, 1.82) is 0 Å². The number of thioether (sulfide) groups is 1. The van der Waals surface area contributed by atoms with Gasteiger partial charge in [-0.3, -0.25) is 0 Å². The minimum absolute atomic E-state index is 0.00154. The highest BCUT2D eigenvalue weighted by molar-refractivity contribution is 7.98. The van der Waals surface area contributed by atoms with Crippen LogP contribution in [0.25, 0.3) is 11.5 Å². The predicted octanol–water partition coefficient (Wildman–Crippen LogP) is 3.11. The van der Waals surface area contributed by atoms with Crippen LogP contribution < -0.4 is 14.4 Å². The topological polar surface area (TPSA) is 49.3 Å². The maximum absolute atomic E-state index is 12.3. The summed E-state index contributed by atoms with van der Waals surface area (Å²) in [5.41, 5.74) is 2.52. The van der Waals surface area contributed by atoms with Gasteiger partial charge in [0.25, 0.3) is 5.89 Å². The predicted molar refractivity (Wildman–Crippen MR) is 94.0 cm³/mol. The van der Waals surface area contributed by atoms with Crippen LogP contribution >= 0.6 is 11.8 Å². The lowest BCUT2D eigenvalue weighted by Gasteiger charge is -2.11. The smallest absolute Gasteiger partial charge is 0.274 e. The molecule has 4 nitrogen and oxygen atoms in total. The first-order valence-electron chi connectivity index (χ1n) is 7.86. The van der Waals surface area contributed by atoms with Crippen LogP contribution in [0.3, 0.4) is 0 Å². The maximum atomic E-state index is 12.3. The van der Waals surface area contributed by atoms with Crippen molar-refractivity contribution in [3.05, 3.63) is 65.9 Å². The number of ether oxygens (including phenoxy) is 1. The van der Waals surface area contributed by atoms with Gasteiger partial charge in [0.1, 0.15) is 18.3 Å². The van der Waals surface area contributed by atoms with Gasteiger partial charge in [-0.2, -0.15) is 4.57 Å². The molecule has 0 amide bonds. The van der Waals surface area contributed by atoms with Gasteiger partial charge in [0.15, 0.2) is 0 Å². The molecule has 0 radical (unpaired) electrons. The van der Waals surface area contributed by atoms with Crippen LogP contribution in [-0.4, -0.2) is 6.61 Å². The van der Waals surface area contributed by atoms with Crippen molar-refractivity contribution in [3.8, 4) is 35.5 Å². The third kappa shape index (κ3) is 2.75. The Morgan fingerprint density at radius 1 is 1.20 bits per heavy atom.